The zero-order valence-electron chi connectivity index (χ0n) is 13.5. The van der Waals surface area contributed by atoms with Crippen molar-refractivity contribution in [3.63, 3.8) is 0 Å². The van der Waals surface area contributed by atoms with Gasteiger partial charge in [-0.2, -0.15) is 0 Å². The summed E-state index contributed by atoms with van der Waals surface area (Å²) in [6.45, 7) is 1.91. The van der Waals surface area contributed by atoms with Crippen LogP contribution in [0.5, 0.6) is 0 Å². The van der Waals surface area contributed by atoms with Gasteiger partial charge >= 0.3 is 0 Å². The Morgan fingerprint density at radius 3 is 2.54 bits per heavy atom. The molecule has 0 atom stereocenters. The molecular formula is C19H19N3O2. The zero-order chi connectivity index (χ0) is 16.9. The molecule has 0 radical (unpaired) electrons. The minimum Gasteiger partial charge on any atom is -0.273 e. The third-order valence-electron chi connectivity index (χ3n) is 3.88. The number of aryl methyl sites for hydroxylation is 2. The predicted molar refractivity (Wildman–Crippen MR) is 94.5 cm³/mol. The van der Waals surface area contributed by atoms with Crippen molar-refractivity contribution in [3.05, 3.63) is 76.3 Å². The molecule has 0 spiro atoms. The molecule has 24 heavy (non-hydrogen) atoms. The lowest BCUT2D eigenvalue weighted by Gasteiger charge is -2.13. The first-order valence-electron chi connectivity index (χ1n) is 8.03. The highest BCUT2D eigenvalue weighted by Crippen LogP contribution is 2.08. The molecule has 0 unspecified atom stereocenters. The average molecular weight is 321 g/mol. The number of hydrogen-bond donors (Lipinski definition) is 1. The fourth-order valence-electron chi connectivity index (χ4n) is 2.61. The summed E-state index contributed by atoms with van der Waals surface area (Å²) in [5, 5.41) is 0.498. The number of benzene rings is 2. The Kier molecular flexibility index (Phi) is 4.70. The minimum atomic E-state index is -0.245. The van der Waals surface area contributed by atoms with Gasteiger partial charge in [0.05, 0.1) is 10.9 Å². The summed E-state index contributed by atoms with van der Waals surface area (Å²) in [6.07, 6.45) is 1.50. The Morgan fingerprint density at radius 1 is 1.08 bits per heavy atom. The number of aromatic nitrogens is 2. The molecule has 3 rings (SSSR count). The fraction of sp³-hybridized carbons (Fsp3) is 0.211. The maximum absolute atomic E-state index is 12.6. The molecule has 0 aliphatic heterocycles. The van der Waals surface area contributed by atoms with Gasteiger partial charge in [-0.1, -0.05) is 49.4 Å². The molecule has 0 aliphatic rings. The lowest BCUT2D eigenvalue weighted by atomic mass is 10.1. The Hall–Kier alpha value is -2.95. The first-order valence-corrected chi connectivity index (χ1v) is 8.03. The normalized spacial score (nSPS) is 10.7. The number of nitrogens with one attached hydrogen (secondary N) is 1. The van der Waals surface area contributed by atoms with Gasteiger partial charge in [-0.25, -0.2) is 9.66 Å². The second-order valence-corrected chi connectivity index (χ2v) is 5.56. The monoisotopic (exact) mass is 321 g/mol. The lowest BCUT2D eigenvalue weighted by Crippen LogP contribution is -2.36. The van der Waals surface area contributed by atoms with Crippen molar-refractivity contribution >= 4 is 16.8 Å². The van der Waals surface area contributed by atoms with Crippen molar-refractivity contribution in [1.82, 2.24) is 9.66 Å². The number of fused-ring (bicyclic) bond motifs is 1. The van der Waals surface area contributed by atoms with Crippen LogP contribution in [0.2, 0.25) is 0 Å². The van der Waals surface area contributed by atoms with Crippen LogP contribution in [-0.4, -0.2) is 15.6 Å². The maximum Gasteiger partial charge on any atom is 0.280 e. The van der Waals surface area contributed by atoms with Gasteiger partial charge in [0.1, 0.15) is 5.82 Å². The Labute approximate surface area is 139 Å². The largest absolute Gasteiger partial charge is 0.280 e. The van der Waals surface area contributed by atoms with Crippen LogP contribution in [-0.2, 0) is 17.6 Å². The van der Waals surface area contributed by atoms with Crippen LogP contribution in [0, 0.1) is 0 Å². The van der Waals surface area contributed by atoms with Crippen molar-refractivity contribution in [1.29, 1.82) is 0 Å². The van der Waals surface area contributed by atoms with E-state index in [0.717, 1.165) is 5.56 Å². The van der Waals surface area contributed by atoms with E-state index in [-0.39, 0.29) is 11.5 Å². The van der Waals surface area contributed by atoms with Gasteiger partial charge in [-0.05, 0) is 24.1 Å². The minimum absolute atomic E-state index is 0.201. The van der Waals surface area contributed by atoms with E-state index < -0.39 is 0 Å². The highest BCUT2D eigenvalue weighted by molar-refractivity contribution is 5.84. The zero-order valence-corrected chi connectivity index (χ0v) is 13.5. The highest BCUT2D eigenvalue weighted by Gasteiger charge is 2.12. The van der Waals surface area contributed by atoms with Crippen LogP contribution in [0.15, 0.2) is 59.4 Å². The van der Waals surface area contributed by atoms with Crippen molar-refractivity contribution in [2.24, 2.45) is 0 Å². The molecule has 2 aromatic carbocycles. The Morgan fingerprint density at radius 2 is 1.79 bits per heavy atom. The van der Waals surface area contributed by atoms with E-state index in [0.29, 0.717) is 36.0 Å². The van der Waals surface area contributed by atoms with E-state index in [9.17, 15) is 9.59 Å². The SMILES string of the molecule is CCc1nc2ccccc2c(=O)n1NC(=O)CCc1ccccc1. The van der Waals surface area contributed by atoms with Gasteiger partial charge < -0.3 is 0 Å². The number of carbonyl (C=O) groups excluding carboxylic acids is 1. The first-order chi connectivity index (χ1) is 11.7. The van der Waals surface area contributed by atoms with Crippen LogP contribution in [0.1, 0.15) is 24.7 Å². The van der Waals surface area contributed by atoms with Gasteiger partial charge in [0.15, 0.2) is 0 Å². The lowest BCUT2D eigenvalue weighted by molar-refractivity contribution is -0.117. The third kappa shape index (κ3) is 3.35. The summed E-state index contributed by atoms with van der Waals surface area (Å²) in [6, 6.07) is 16.9. The predicted octanol–water partition coefficient (Wildman–Crippen LogP) is 2.66. The van der Waals surface area contributed by atoms with Gasteiger partial charge in [-0.3, -0.25) is 15.0 Å². The number of amides is 1. The van der Waals surface area contributed by atoms with Crippen LogP contribution >= 0.6 is 0 Å². The van der Waals surface area contributed by atoms with Gasteiger partial charge in [0.25, 0.3) is 5.56 Å². The Balaban J connectivity index is 1.82. The smallest absolute Gasteiger partial charge is 0.273 e. The summed E-state index contributed by atoms with van der Waals surface area (Å²) in [7, 11) is 0. The third-order valence-corrected chi connectivity index (χ3v) is 3.88. The molecule has 1 heterocycles. The van der Waals surface area contributed by atoms with Crippen LogP contribution in [0.3, 0.4) is 0 Å². The molecular weight excluding hydrogens is 302 g/mol. The molecule has 1 N–H and O–H groups in total. The molecule has 1 aromatic heterocycles. The number of hydrogen-bond acceptors (Lipinski definition) is 3. The quantitative estimate of drug-likeness (QED) is 0.786. The summed E-state index contributed by atoms with van der Waals surface area (Å²) in [4.78, 5) is 29.3. The highest BCUT2D eigenvalue weighted by atomic mass is 16.2. The van der Waals surface area contributed by atoms with E-state index >= 15 is 0 Å². The number of para-hydroxylation sites is 1. The van der Waals surface area contributed by atoms with Gasteiger partial charge in [0.2, 0.25) is 5.91 Å². The summed E-state index contributed by atoms with van der Waals surface area (Å²) in [5.41, 5.74) is 4.19. The number of rotatable bonds is 5. The summed E-state index contributed by atoms with van der Waals surface area (Å²) >= 11 is 0. The van der Waals surface area contributed by atoms with E-state index in [4.69, 9.17) is 0 Å². The van der Waals surface area contributed by atoms with Crippen LogP contribution < -0.4 is 11.0 Å². The maximum atomic E-state index is 12.6. The first kappa shape index (κ1) is 15.9. The molecule has 0 aliphatic carbocycles. The van der Waals surface area contributed by atoms with E-state index in [1.807, 2.05) is 43.3 Å². The molecule has 122 valence electrons. The van der Waals surface area contributed by atoms with Crippen LogP contribution in [0.25, 0.3) is 10.9 Å². The number of nitrogens with zero attached hydrogens (tertiary/aromatic N) is 2. The molecule has 0 bridgehead atoms. The summed E-state index contributed by atoms with van der Waals surface area (Å²) in [5.74, 6) is 0.347. The van der Waals surface area contributed by atoms with Crippen molar-refractivity contribution < 1.29 is 4.79 Å². The molecule has 1 amide bonds. The van der Waals surface area contributed by atoms with Crippen molar-refractivity contribution in [3.8, 4) is 0 Å². The standard InChI is InChI=1S/C19H19N3O2/c1-2-17-20-16-11-7-6-10-15(16)19(24)22(17)21-18(23)13-12-14-8-4-3-5-9-14/h3-11H,2,12-13H2,1H3,(H,21,23). The molecule has 3 aromatic rings. The van der Waals surface area contributed by atoms with E-state index in [1.165, 1.54) is 4.68 Å². The fourth-order valence-corrected chi connectivity index (χ4v) is 2.61. The molecule has 0 saturated heterocycles. The van der Waals surface area contributed by atoms with Gasteiger partial charge in [-0.15, -0.1) is 0 Å². The second-order valence-electron chi connectivity index (χ2n) is 5.56. The Bertz CT molecular complexity index is 917. The molecule has 5 heteroatoms. The molecule has 0 saturated carbocycles. The summed E-state index contributed by atoms with van der Waals surface area (Å²) < 4.78 is 1.27. The molecule has 5 nitrogen and oxygen atoms in total. The van der Waals surface area contributed by atoms with Crippen LogP contribution in [0.4, 0.5) is 0 Å². The topological polar surface area (TPSA) is 64.0 Å². The second kappa shape index (κ2) is 7.08. The van der Waals surface area contributed by atoms with E-state index in [1.54, 1.807) is 18.2 Å². The van der Waals surface area contributed by atoms with Crippen molar-refractivity contribution in [2.75, 3.05) is 5.43 Å². The number of carbonyl (C=O) groups is 1. The van der Waals surface area contributed by atoms with Crippen molar-refractivity contribution in [2.45, 2.75) is 26.2 Å². The van der Waals surface area contributed by atoms with E-state index in [2.05, 4.69) is 10.4 Å². The van der Waals surface area contributed by atoms with Gasteiger partial charge in [0, 0.05) is 12.8 Å². The molecule has 0 fully saturated rings. The average Bonchev–Trinajstić information content (AvgIpc) is 2.63.